The Morgan fingerprint density at radius 3 is 2.29 bits per heavy atom. The number of carbonyl (C=O) groups excluding carboxylic acids is 1. The summed E-state index contributed by atoms with van der Waals surface area (Å²) in [6.07, 6.45) is 1.09. The molecule has 1 aromatic carbocycles. The number of aromatic carboxylic acids is 1. The number of nitrogens with zero attached hydrogens (tertiary/aromatic N) is 1. The monoisotopic (exact) mass is 312 g/mol. The van der Waals surface area contributed by atoms with E-state index in [0.717, 1.165) is 26.1 Å². The van der Waals surface area contributed by atoms with E-state index in [2.05, 4.69) is 6.92 Å². The van der Waals surface area contributed by atoms with E-state index in [0.29, 0.717) is 13.1 Å². The van der Waals surface area contributed by atoms with Crippen molar-refractivity contribution in [2.75, 3.05) is 32.7 Å². The van der Waals surface area contributed by atoms with Crippen LogP contribution < -0.4 is 10.0 Å². The zero-order chi connectivity index (χ0) is 15.5. The molecule has 2 rings (SSSR count). The van der Waals surface area contributed by atoms with Gasteiger partial charge in [0.2, 0.25) is 10.0 Å². The van der Waals surface area contributed by atoms with E-state index in [1.807, 2.05) is 0 Å². The molecular formula is C14H20N2O4S. The van der Waals surface area contributed by atoms with E-state index in [-0.39, 0.29) is 10.5 Å². The number of carboxylic acids is 1. The maximum atomic E-state index is 12.5. The van der Waals surface area contributed by atoms with Crippen molar-refractivity contribution in [1.29, 1.82) is 0 Å². The molecule has 1 fully saturated rings. The summed E-state index contributed by atoms with van der Waals surface area (Å²) < 4.78 is 26.4. The summed E-state index contributed by atoms with van der Waals surface area (Å²) in [5, 5.41) is 10.7. The van der Waals surface area contributed by atoms with Crippen molar-refractivity contribution in [1.82, 2.24) is 4.31 Å². The number of carbonyl (C=O) groups is 1. The minimum atomic E-state index is -3.54. The Morgan fingerprint density at radius 1 is 1.24 bits per heavy atom. The van der Waals surface area contributed by atoms with Gasteiger partial charge in [-0.3, -0.25) is 0 Å². The first-order valence-electron chi connectivity index (χ1n) is 7.10. The maximum absolute atomic E-state index is 12.5. The summed E-state index contributed by atoms with van der Waals surface area (Å²) in [5.74, 6) is -1.31. The Hall–Kier alpha value is -1.44. The van der Waals surface area contributed by atoms with Gasteiger partial charge in [0.1, 0.15) is 0 Å². The third-order valence-corrected chi connectivity index (χ3v) is 5.67. The molecule has 1 aliphatic rings. The SMILES string of the molecule is CCC[NH+]1CCN(S(=O)(=O)c2ccc(C(=O)[O-])cc2)CC1. The number of benzene rings is 1. The highest BCUT2D eigenvalue weighted by Crippen LogP contribution is 2.16. The molecule has 1 N–H and O–H groups in total. The van der Waals surface area contributed by atoms with Gasteiger partial charge in [-0.05, 0) is 24.1 Å². The maximum Gasteiger partial charge on any atom is 0.243 e. The Kier molecular flexibility index (Phi) is 4.97. The van der Waals surface area contributed by atoms with E-state index >= 15 is 0 Å². The minimum Gasteiger partial charge on any atom is -0.545 e. The third-order valence-electron chi connectivity index (χ3n) is 3.76. The molecule has 116 valence electrons. The fraction of sp³-hybridized carbons (Fsp3) is 0.500. The average molecular weight is 312 g/mol. The van der Waals surface area contributed by atoms with Crippen molar-refractivity contribution in [3.05, 3.63) is 29.8 Å². The average Bonchev–Trinajstić information content (AvgIpc) is 2.48. The number of piperazine rings is 1. The summed E-state index contributed by atoms with van der Waals surface area (Å²) in [6.45, 7) is 5.80. The van der Waals surface area contributed by atoms with Gasteiger partial charge in [-0.1, -0.05) is 19.1 Å². The molecule has 0 saturated carbocycles. The summed E-state index contributed by atoms with van der Waals surface area (Å²) in [4.78, 5) is 12.2. The predicted octanol–water partition coefficient (Wildman–Crippen LogP) is -1.65. The Labute approximate surface area is 125 Å². The molecule has 1 heterocycles. The number of rotatable bonds is 5. The van der Waals surface area contributed by atoms with Crippen LogP contribution in [0.2, 0.25) is 0 Å². The fourth-order valence-corrected chi connectivity index (χ4v) is 4.00. The second-order valence-corrected chi connectivity index (χ2v) is 7.15. The number of nitrogens with one attached hydrogen (secondary N) is 1. The van der Waals surface area contributed by atoms with Crippen LogP contribution in [0, 0.1) is 0 Å². The van der Waals surface area contributed by atoms with Crippen molar-refractivity contribution in [2.24, 2.45) is 0 Å². The van der Waals surface area contributed by atoms with Crippen molar-refractivity contribution >= 4 is 16.0 Å². The lowest BCUT2D eigenvalue weighted by Crippen LogP contribution is -3.14. The van der Waals surface area contributed by atoms with Crippen LogP contribution >= 0.6 is 0 Å². The lowest BCUT2D eigenvalue weighted by atomic mass is 10.2. The number of carboxylic acid groups (broad SMARTS) is 1. The van der Waals surface area contributed by atoms with E-state index in [1.165, 1.54) is 33.5 Å². The van der Waals surface area contributed by atoms with Gasteiger partial charge in [-0.15, -0.1) is 0 Å². The van der Waals surface area contributed by atoms with Crippen LogP contribution in [-0.2, 0) is 10.0 Å². The van der Waals surface area contributed by atoms with Crippen LogP contribution in [0.15, 0.2) is 29.2 Å². The van der Waals surface area contributed by atoms with Crippen LogP contribution in [0.4, 0.5) is 0 Å². The third kappa shape index (κ3) is 3.61. The molecule has 1 aliphatic heterocycles. The first-order valence-corrected chi connectivity index (χ1v) is 8.54. The van der Waals surface area contributed by atoms with Crippen LogP contribution in [-0.4, -0.2) is 51.4 Å². The lowest BCUT2D eigenvalue weighted by molar-refractivity contribution is -0.903. The van der Waals surface area contributed by atoms with Gasteiger partial charge in [0.25, 0.3) is 0 Å². The zero-order valence-electron chi connectivity index (χ0n) is 12.0. The fourth-order valence-electron chi connectivity index (χ4n) is 2.56. The molecule has 6 nitrogen and oxygen atoms in total. The molecule has 7 heteroatoms. The van der Waals surface area contributed by atoms with E-state index in [1.54, 1.807) is 0 Å². The number of hydrogen-bond acceptors (Lipinski definition) is 4. The first-order chi connectivity index (χ1) is 9.95. The molecule has 0 aromatic heterocycles. The number of sulfonamides is 1. The summed E-state index contributed by atoms with van der Waals surface area (Å²) in [6, 6.07) is 5.18. The Morgan fingerprint density at radius 2 is 1.81 bits per heavy atom. The van der Waals surface area contributed by atoms with Crippen molar-refractivity contribution in [3.8, 4) is 0 Å². The van der Waals surface area contributed by atoms with Gasteiger partial charge in [0, 0.05) is 0 Å². The van der Waals surface area contributed by atoms with Gasteiger partial charge in [-0.25, -0.2) is 8.42 Å². The molecule has 0 bridgehead atoms. The standard InChI is InChI=1S/C14H20N2O4S/c1-2-7-15-8-10-16(11-9-15)21(19,20)13-5-3-12(4-6-13)14(17)18/h3-6H,2,7-11H2,1H3,(H,17,18). The Balaban J connectivity index is 2.10. The largest absolute Gasteiger partial charge is 0.545 e. The quantitative estimate of drug-likeness (QED) is 0.706. The molecule has 0 spiro atoms. The molecule has 1 aromatic rings. The van der Waals surface area contributed by atoms with Crippen LogP contribution in [0.25, 0.3) is 0 Å². The second kappa shape index (κ2) is 6.55. The molecule has 1 saturated heterocycles. The zero-order valence-corrected chi connectivity index (χ0v) is 12.9. The molecular weight excluding hydrogens is 292 g/mol. The minimum absolute atomic E-state index is 0.0221. The second-order valence-electron chi connectivity index (χ2n) is 5.22. The van der Waals surface area contributed by atoms with Crippen molar-refractivity contribution in [2.45, 2.75) is 18.2 Å². The first kappa shape index (κ1) is 15.9. The van der Waals surface area contributed by atoms with E-state index in [4.69, 9.17) is 0 Å². The lowest BCUT2D eigenvalue weighted by Gasteiger charge is -2.31. The number of quaternary nitrogens is 1. The molecule has 0 atom stereocenters. The predicted molar refractivity (Wildman–Crippen MR) is 75.4 cm³/mol. The molecule has 0 aliphatic carbocycles. The van der Waals surface area contributed by atoms with Gasteiger partial charge in [0.15, 0.2) is 0 Å². The summed E-state index contributed by atoms with van der Waals surface area (Å²) in [7, 11) is -3.54. The van der Waals surface area contributed by atoms with Crippen LogP contribution in [0.1, 0.15) is 23.7 Å². The smallest absolute Gasteiger partial charge is 0.243 e. The highest BCUT2D eigenvalue weighted by Gasteiger charge is 2.29. The van der Waals surface area contributed by atoms with Crippen LogP contribution in [0.5, 0.6) is 0 Å². The van der Waals surface area contributed by atoms with Gasteiger partial charge >= 0.3 is 0 Å². The molecule has 0 radical (unpaired) electrons. The topological polar surface area (TPSA) is 82.0 Å². The van der Waals surface area contributed by atoms with Gasteiger partial charge in [-0.2, -0.15) is 4.31 Å². The van der Waals surface area contributed by atoms with Gasteiger partial charge < -0.3 is 14.8 Å². The van der Waals surface area contributed by atoms with Crippen molar-refractivity contribution in [3.63, 3.8) is 0 Å². The molecule has 0 amide bonds. The summed E-state index contributed by atoms with van der Waals surface area (Å²) >= 11 is 0. The molecule has 21 heavy (non-hydrogen) atoms. The van der Waals surface area contributed by atoms with Gasteiger partial charge in [0.05, 0.1) is 43.6 Å². The number of hydrogen-bond donors (Lipinski definition) is 1. The normalized spacial score (nSPS) is 17.8. The van der Waals surface area contributed by atoms with Crippen molar-refractivity contribution < 1.29 is 23.2 Å². The summed E-state index contributed by atoms with van der Waals surface area (Å²) in [5.41, 5.74) is -0.0221. The highest BCUT2D eigenvalue weighted by molar-refractivity contribution is 7.89. The van der Waals surface area contributed by atoms with E-state index < -0.39 is 16.0 Å². The van der Waals surface area contributed by atoms with E-state index in [9.17, 15) is 18.3 Å². The van der Waals surface area contributed by atoms with Crippen LogP contribution in [0.3, 0.4) is 0 Å². The highest BCUT2D eigenvalue weighted by atomic mass is 32.2. The Bertz CT molecular complexity index is 590. The molecule has 0 unspecified atom stereocenters.